The number of nitrogens with one attached hydrogen (secondary N) is 2. The van der Waals surface area contributed by atoms with Crippen LogP contribution in [0.4, 0.5) is 9.52 Å². The van der Waals surface area contributed by atoms with Crippen molar-refractivity contribution in [3.05, 3.63) is 64.2 Å². The number of rotatable bonds is 6. The Kier molecular flexibility index (Phi) is 5.43. The zero-order valence-corrected chi connectivity index (χ0v) is 15.6. The molecule has 0 saturated carbocycles. The van der Waals surface area contributed by atoms with Gasteiger partial charge in [0.2, 0.25) is 5.91 Å². The quantitative estimate of drug-likeness (QED) is 0.697. The number of aryl methyl sites for hydroxylation is 2. The van der Waals surface area contributed by atoms with Gasteiger partial charge in [-0.2, -0.15) is 5.10 Å². The number of likely N-dealkylation sites (N-methyl/N-ethyl adjacent to an activating group) is 1. The van der Waals surface area contributed by atoms with E-state index in [2.05, 4.69) is 20.7 Å². The third-order valence-electron chi connectivity index (χ3n) is 4.01. The van der Waals surface area contributed by atoms with Gasteiger partial charge in [0.15, 0.2) is 5.13 Å². The van der Waals surface area contributed by atoms with E-state index in [4.69, 9.17) is 0 Å². The Morgan fingerprint density at radius 3 is 2.85 bits per heavy atom. The molecule has 6 nitrogen and oxygen atoms in total. The van der Waals surface area contributed by atoms with Crippen LogP contribution >= 0.6 is 11.3 Å². The number of nitrogens with zero attached hydrogens (tertiary/aromatic N) is 3. The largest absolute Gasteiger partial charge is 0.305 e. The van der Waals surface area contributed by atoms with Gasteiger partial charge < -0.3 is 10.6 Å². The van der Waals surface area contributed by atoms with Crippen LogP contribution < -0.4 is 10.6 Å². The minimum atomic E-state index is -0.512. The molecule has 1 unspecified atom stereocenters. The van der Waals surface area contributed by atoms with Gasteiger partial charge >= 0.3 is 0 Å². The molecule has 0 bridgehead atoms. The highest BCUT2D eigenvalue weighted by atomic mass is 32.1. The number of hydrogen-bond acceptors (Lipinski definition) is 5. The lowest BCUT2D eigenvalue weighted by Crippen LogP contribution is -2.30. The van der Waals surface area contributed by atoms with Gasteiger partial charge in [-0.3, -0.25) is 9.48 Å². The van der Waals surface area contributed by atoms with Crippen molar-refractivity contribution < 1.29 is 9.18 Å². The van der Waals surface area contributed by atoms with Crippen molar-refractivity contribution in [2.75, 3.05) is 12.4 Å². The molecular formula is C18H20FN5OS. The molecule has 0 aliphatic rings. The number of benzene rings is 1. The van der Waals surface area contributed by atoms with E-state index in [1.165, 1.54) is 17.4 Å². The average molecular weight is 373 g/mol. The minimum Gasteiger partial charge on any atom is -0.305 e. The van der Waals surface area contributed by atoms with E-state index in [0.29, 0.717) is 17.1 Å². The van der Waals surface area contributed by atoms with Crippen molar-refractivity contribution in [3.63, 3.8) is 0 Å². The van der Waals surface area contributed by atoms with Crippen LogP contribution in [-0.4, -0.2) is 27.7 Å². The van der Waals surface area contributed by atoms with Crippen molar-refractivity contribution >= 4 is 22.4 Å². The normalized spacial score (nSPS) is 12.2. The fourth-order valence-electron chi connectivity index (χ4n) is 2.61. The zero-order chi connectivity index (χ0) is 18.7. The summed E-state index contributed by atoms with van der Waals surface area (Å²) in [4.78, 5) is 17.7. The highest BCUT2D eigenvalue weighted by molar-refractivity contribution is 7.15. The molecule has 0 saturated heterocycles. The second kappa shape index (κ2) is 7.76. The fraction of sp³-hybridized carbons (Fsp3) is 0.278. The number of carbonyl (C=O) groups is 1. The number of aromatic nitrogens is 3. The Hall–Kier alpha value is -2.58. The van der Waals surface area contributed by atoms with Gasteiger partial charge in [0.1, 0.15) is 11.9 Å². The topological polar surface area (TPSA) is 71.8 Å². The molecule has 26 heavy (non-hydrogen) atoms. The molecule has 2 heterocycles. The first-order valence-corrected chi connectivity index (χ1v) is 8.94. The Morgan fingerprint density at radius 2 is 2.19 bits per heavy atom. The van der Waals surface area contributed by atoms with E-state index in [0.717, 1.165) is 16.0 Å². The summed E-state index contributed by atoms with van der Waals surface area (Å²) in [6.07, 6.45) is 5.72. The average Bonchev–Trinajstić information content (AvgIpc) is 3.21. The SMILES string of the molecule is CNC(C(=O)Nc1ncc(Cc2ccc(C)c(F)c2)s1)c1cnn(C)c1. The number of halogens is 1. The monoisotopic (exact) mass is 373 g/mol. The summed E-state index contributed by atoms with van der Waals surface area (Å²) in [5.74, 6) is -0.420. The van der Waals surface area contributed by atoms with E-state index >= 15 is 0 Å². The Morgan fingerprint density at radius 1 is 1.38 bits per heavy atom. The van der Waals surface area contributed by atoms with Crippen LogP contribution in [0.2, 0.25) is 0 Å². The van der Waals surface area contributed by atoms with Crippen LogP contribution in [0.25, 0.3) is 0 Å². The number of amides is 1. The van der Waals surface area contributed by atoms with Crippen molar-refractivity contribution in [1.29, 1.82) is 0 Å². The standard InChI is InChI=1S/C18H20FN5OS/c1-11-4-5-12(7-15(11)19)6-14-9-21-18(26-14)23-17(25)16(20-2)13-8-22-24(3)10-13/h4-5,7-10,16,20H,6H2,1-3H3,(H,21,23,25). The molecule has 136 valence electrons. The van der Waals surface area contributed by atoms with Crippen LogP contribution in [-0.2, 0) is 18.3 Å². The molecule has 1 amide bonds. The third kappa shape index (κ3) is 4.14. The van der Waals surface area contributed by atoms with Gasteiger partial charge in [0.25, 0.3) is 0 Å². The van der Waals surface area contributed by atoms with Crippen LogP contribution in [0.1, 0.15) is 27.6 Å². The summed E-state index contributed by atoms with van der Waals surface area (Å²) in [6.45, 7) is 1.74. The van der Waals surface area contributed by atoms with Gasteiger partial charge in [-0.1, -0.05) is 12.1 Å². The minimum absolute atomic E-state index is 0.206. The van der Waals surface area contributed by atoms with E-state index < -0.39 is 6.04 Å². The number of carbonyl (C=O) groups excluding carboxylic acids is 1. The Bertz CT molecular complexity index is 920. The van der Waals surface area contributed by atoms with Crippen molar-refractivity contribution in [3.8, 4) is 0 Å². The van der Waals surface area contributed by atoms with Gasteiger partial charge in [-0.25, -0.2) is 9.37 Å². The van der Waals surface area contributed by atoms with Gasteiger partial charge in [-0.05, 0) is 31.2 Å². The molecule has 1 atom stereocenters. The lowest BCUT2D eigenvalue weighted by Gasteiger charge is -2.12. The van der Waals surface area contributed by atoms with Crippen LogP contribution in [0, 0.1) is 12.7 Å². The third-order valence-corrected chi connectivity index (χ3v) is 4.92. The Labute approximate surface area is 155 Å². The predicted molar refractivity (Wildman–Crippen MR) is 99.7 cm³/mol. The van der Waals surface area contributed by atoms with Crippen molar-refractivity contribution in [2.24, 2.45) is 7.05 Å². The predicted octanol–water partition coefficient (Wildman–Crippen LogP) is 2.81. The smallest absolute Gasteiger partial charge is 0.247 e. The highest BCUT2D eigenvalue weighted by Gasteiger charge is 2.21. The molecule has 2 N–H and O–H groups in total. The lowest BCUT2D eigenvalue weighted by molar-refractivity contribution is -0.118. The summed E-state index contributed by atoms with van der Waals surface area (Å²) in [5.41, 5.74) is 2.28. The van der Waals surface area contributed by atoms with E-state index in [1.54, 1.807) is 50.4 Å². The summed E-state index contributed by atoms with van der Waals surface area (Å²) in [6, 6.07) is 4.68. The fourth-order valence-corrected chi connectivity index (χ4v) is 3.46. The molecular weight excluding hydrogens is 353 g/mol. The number of hydrogen-bond donors (Lipinski definition) is 2. The van der Waals surface area contributed by atoms with Gasteiger partial charge in [-0.15, -0.1) is 11.3 Å². The van der Waals surface area contributed by atoms with E-state index in [1.807, 2.05) is 6.07 Å². The maximum atomic E-state index is 13.7. The Balaban J connectivity index is 1.67. The molecule has 3 rings (SSSR count). The molecule has 8 heteroatoms. The summed E-state index contributed by atoms with van der Waals surface area (Å²) in [5, 5.41) is 10.4. The van der Waals surface area contributed by atoms with Gasteiger partial charge in [0.05, 0.1) is 6.20 Å². The molecule has 0 aliphatic carbocycles. The van der Waals surface area contributed by atoms with Crippen LogP contribution in [0.3, 0.4) is 0 Å². The molecule has 0 radical (unpaired) electrons. The zero-order valence-electron chi connectivity index (χ0n) is 14.8. The van der Waals surface area contributed by atoms with Crippen LogP contribution in [0.15, 0.2) is 36.8 Å². The highest BCUT2D eigenvalue weighted by Crippen LogP contribution is 2.23. The molecule has 1 aromatic carbocycles. The molecule has 0 aliphatic heterocycles. The van der Waals surface area contributed by atoms with E-state index in [-0.39, 0.29) is 11.7 Å². The first-order valence-electron chi connectivity index (χ1n) is 8.12. The molecule has 0 spiro atoms. The second-order valence-electron chi connectivity index (χ2n) is 6.05. The molecule has 2 aromatic heterocycles. The summed E-state index contributed by atoms with van der Waals surface area (Å²) < 4.78 is 15.3. The first kappa shape index (κ1) is 18.2. The number of thiazole rings is 1. The molecule has 3 aromatic rings. The van der Waals surface area contributed by atoms with Crippen molar-refractivity contribution in [1.82, 2.24) is 20.1 Å². The maximum absolute atomic E-state index is 13.7. The number of anilines is 1. The van der Waals surface area contributed by atoms with Crippen LogP contribution in [0.5, 0.6) is 0 Å². The van der Waals surface area contributed by atoms with E-state index in [9.17, 15) is 9.18 Å². The maximum Gasteiger partial charge on any atom is 0.247 e. The lowest BCUT2D eigenvalue weighted by atomic mass is 10.1. The summed E-state index contributed by atoms with van der Waals surface area (Å²) >= 11 is 1.38. The first-order chi connectivity index (χ1) is 12.5. The van der Waals surface area contributed by atoms with Crippen molar-refractivity contribution in [2.45, 2.75) is 19.4 Å². The summed E-state index contributed by atoms with van der Waals surface area (Å²) in [7, 11) is 3.52. The second-order valence-corrected chi connectivity index (χ2v) is 7.17. The molecule has 0 fully saturated rings. The van der Waals surface area contributed by atoms with Gasteiger partial charge in [0, 0.05) is 36.3 Å².